The zero-order chi connectivity index (χ0) is 16.4. The van der Waals surface area contributed by atoms with E-state index in [2.05, 4.69) is 4.98 Å². The Bertz CT molecular complexity index is 929. The average molecular weight is 311 g/mol. The van der Waals surface area contributed by atoms with Crippen molar-refractivity contribution in [2.75, 3.05) is 6.61 Å². The Morgan fingerprint density at radius 3 is 2.61 bits per heavy atom. The van der Waals surface area contributed by atoms with Gasteiger partial charge in [0.25, 0.3) is 0 Å². The molecule has 1 N–H and O–H groups in total. The van der Waals surface area contributed by atoms with Crippen LogP contribution in [0.1, 0.15) is 22.8 Å². The summed E-state index contributed by atoms with van der Waals surface area (Å²) in [6.07, 6.45) is 1.36. The SMILES string of the molecule is CCOc1ccc(C(=O)c2c[nH]c3ccc(F)cc3c2=O)cc1. The van der Waals surface area contributed by atoms with E-state index in [1.54, 1.807) is 24.3 Å². The molecule has 4 nitrogen and oxygen atoms in total. The second-order valence-corrected chi connectivity index (χ2v) is 5.01. The first kappa shape index (κ1) is 15.0. The molecule has 0 bridgehead atoms. The van der Waals surface area contributed by atoms with Crippen molar-refractivity contribution < 1.29 is 13.9 Å². The molecule has 2 aromatic carbocycles. The van der Waals surface area contributed by atoms with Crippen molar-refractivity contribution in [3.63, 3.8) is 0 Å². The lowest BCUT2D eigenvalue weighted by Gasteiger charge is -2.05. The summed E-state index contributed by atoms with van der Waals surface area (Å²) in [7, 11) is 0. The van der Waals surface area contributed by atoms with Crippen molar-refractivity contribution in [3.8, 4) is 5.75 Å². The normalized spacial score (nSPS) is 10.7. The van der Waals surface area contributed by atoms with Crippen LogP contribution in [0.5, 0.6) is 5.75 Å². The second-order valence-electron chi connectivity index (χ2n) is 5.01. The summed E-state index contributed by atoms with van der Waals surface area (Å²) in [5.74, 6) is -0.285. The Kier molecular flexibility index (Phi) is 3.93. The van der Waals surface area contributed by atoms with Gasteiger partial charge in [0.05, 0.1) is 12.2 Å². The number of fused-ring (bicyclic) bond motifs is 1. The van der Waals surface area contributed by atoms with Gasteiger partial charge in [0.1, 0.15) is 11.6 Å². The molecule has 0 aliphatic carbocycles. The van der Waals surface area contributed by atoms with Crippen LogP contribution in [0.15, 0.2) is 53.5 Å². The molecule has 3 rings (SSSR count). The van der Waals surface area contributed by atoms with Gasteiger partial charge in [0.15, 0.2) is 5.78 Å². The largest absolute Gasteiger partial charge is 0.494 e. The van der Waals surface area contributed by atoms with Crippen molar-refractivity contribution in [2.45, 2.75) is 6.92 Å². The molecule has 1 aromatic heterocycles. The molecule has 116 valence electrons. The fourth-order valence-corrected chi connectivity index (χ4v) is 2.38. The number of carbonyl (C=O) groups excluding carboxylic acids is 1. The van der Waals surface area contributed by atoms with E-state index in [0.29, 0.717) is 23.4 Å². The molecule has 0 unspecified atom stereocenters. The lowest BCUT2D eigenvalue weighted by molar-refractivity contribution is 0.103. The number of ketones is 1. The fraction of sp³-hybridized carbons (Fsp3) is 0.111. The van der Waals surface area contributed by atoms with E-state index in [0.717, 1.165) is 6.07 Å². The average Bonchev–Trinajstić information content (AvgIpc) is 2.56. The highest BCUT2D eigenvalue weighted by atomic mass is 19.1. The molecule has 5 heteroatoms. The summed E-state index contributed by atoms with van der Waals surface area (Å²) in [4.78, 5) is 27.8. The van der Waals surface area contributed by atoms with Gasteiger partial charge in [-0.25, -0.2) is 4.39 Å². The molecule has 3 aromatic rings. The maximum Gasteiger partial charge on any atom is 0.200 e. The van der Waals surface area contributed by atoms with Crippen LogP contribution in [0.25, 0.3) is 10.9 Å². The molecule has 0 aliphatic rings. The van der Waals surface area contributed by atoms with Gasteiger partial charge in [-0.05, 0) is 49.4 Å². The molecule has 0 saturated heterocycles. The highest BCUT2D eigenvalue weighted by molar-refractivity contribution is 6.10. The first-order valence-electron chi connectivity index (χ1n) is 7.18. The minimum Gasteiger partial charge on any atom is -0.494 e. The number of pyridine rings is 1. The number of H-pyrrole nitrogens is 1. The van der Waals surface area contributed by atoms with Gasteiger partial charge in [0.2, 0.25) is 5.43 Å². The monoisotopic (exact) mass is 311 g/mol. The topological polar surface area (TPSA) is 59.2 Å². The number of aromatic nitrogens is 1. The van der Waals surface area contributed by atoms with E-state index < -0.39 is 17.0 Å². The summed E-state index contributed by atoms with van der Waals surface area (Å²) in [6, 6.07) is 10.4. The fourth-order valence-electron chi connectivity index (χ4n) is 2.38. The van der Waals surface area contributed by atoms with Crippen LogP contribution in [0, 0.1) is 5.82 Å². The number of carbonyl (C=O) groups is 1. The summed E-state index contributed by atoms with van der Waals surface area (Å²) >= 11 is 0. The Labute approximate surface area is 131 Å². The molecular formula is C18H14FNO3. The molecular weight excluding hydrogens is 297 g/mol. The molecule has 0 radical (unpaired) electrons. The molecule has 0 amide bonds. The van der Waals surface area contributed by atoms with E-state index >= 15 is 0 Å². The number of hydrogen-bond acceptors (Lipinski definition) is 3. The predicted octanol–water partition coefficient (Wildman–Crippen LogP) is 3.30. The maximum absolute atomic E-state index is 13.3. The Morgan fingerprint density at radius 1 is 1.17 bits per heavy atom. The van der Waals surface area contributed by atoms with Gasteiger partial charge in [-0.1, -0.05) is 0 Å². The highest BCUT2D eigenvalue weighted by Gasteiger charge is 2.15. The third kappa shape index (κ3) is 2.85. The van der Waals surface area contributed by atoms with Gasteiger partial charge >= 0.3 is 0 Å². The summed E-state index contributed by atoms with van der Waals surface area (Å²) < 4.78 is 18.7. The van der Waals surface area contributed by atoms with Gasteiger partial charge in [-0.2, -0.15) is 0 Å². The standard InChI is InChI=1S/C18H14FNO3/c1-2-23-13-6-3-11(4-7-13)17(21)15-10-20-16-8-5-12(19)9-14(16)18(15)22/h3-10H,2H2,1H3,(H,20,22). The Morgan fingerprint density at radius 2 is 1.91 bits per heavy atom. The summed E-state index contributed by atoms with van der Waals surface area (Å²) in [5.41, 5.74) is 0.346. The van der Waals surface area contributed by atoms with Crippen LogP contribution in [-0.2, 0) is 0 Å². The van der Waals surface area contributed by atoms with Crippen LogP contribution in [-0.4, -0.2) is 17.4 Å². The van der Waals surface area contributed by atoms with Crippen LogP contribution in [0.3, 0.4) is 0 Å². The predicted molar refractivity (Wildman–Crippen MR) is 85.6 cm³/mol. The first-order valence-corrected chi connectivity index (χ1v) is 7.18. The maximum atomic E-state index is 13.3. The molecule has 0 atom stereocenters. The zero-order valence-electron chi connectivity index (χ0n) is 12.4. The number of aromatic amines is 1. The summed E-state index contributed by atoms with van der Waals surface area (Å²) in [6.45, 7) is 2.40. The number of hydrogen-bond donors (Lipinski definition) is 1. The van der Waals surface area contributed by atoms with Crippen LogP contribution >= 0.6 is 0 Å². The molecule has 0 saturated carbocycles. The van der Waals surface area contributed by atoms with Crippen molar-refractivity contribution >= 4 is 16.7 Å². The number of rotatable bonds is 4. The van der Waals surface area contributed by atoms with Crippen LogP contribution in [0.4, 0.5) is 4.39 Å². The van der Waals surface area contributed by atoms with Crippen molar-refractivity contribution in [2.24, 2.45) is 0 Å². The third-order valence-electron chi connectivity index (χ3n) is 3.52. The number of halogens is 1. The van der Waals surface area contributed by atoms with Crippen LogP contribution < -0.4 is 10.2 Å². The van der Waals surface area contributed by atoms with E-state index in [-0.39, 0.29) is 10.9 Å². The second kappa shape index (κ2) is 6.04. The molecule has 0 spiro atoms. The number of benzene rings is 2. The first-order chi connectivity index (χ1) is 11.1. The molecule has 23 heavy (non-hydrogen) atoms. The Hall–Kier alpha value is -2.95. The van der Waals surface area contributed by atoms with Crippen molar-refractivity contribution in [1.82, 2.24) is 4.98 Å². The van der Waals surface area contributed by atoms with Gasteiger partial charge in [0, 0.05) is 22.7 Å². The molecule has 1 heterocycles. The van der Waals surface area contributed by atoms with Crippen molar-refractivity contribution in [1.29, 1.82) is 0 Å². The third-order valence-corrected chi connectivity index (χ3v) is 3.52. The lowest BCUT2D eigenvalue weighted by atomic mass is 10.0. The zero-order valence-corrected chi connectivity index (χ0v) is 12.4. The van der Waals surface area contributed by atoms with Crippen molar-refractivity contribution in [3.05, 3.63) is 75.8 Å². The minimum atomic E-state index is -0.520. The smallest absolute Gasteiger partial charge is 0.200 e. The van der Waals surface area contributed by atoms with E-state index in [4.69, 9.17) is 4.74 Å². The van der Waals surface area contributed by atoms with Gasteiger partial charge in [-0.3, -0.25) is 9.59 Å². The highest BCUT2D eigenvalue weighted by Crippen LogP contribution is 2.16. The lowest BCUT2D eigenvalue weighted by Crippen LogP contribution is -2.16. The quantitative estimate of drug-likeness (QED) is 0.752. The van der Waals surface area contributed by atoms with E-state index in [1.165, 1.54) is 18.3 Å². The summed E-state index contributed by atoms with van der Waals surface area (Å²) in [5, 5.41) is 0.154. The number of nitrogens with one attached hydrogen (secondary N) is 1. The molecule has 0 fully saturated rings. The van der Waals surface area contributed by atoms with E-state index in [1.807, 2.05) is 6.92 Å². The molecule has 0 aliphatic heterocycles. The van der Waals surface area contributed by atoms with Gasteiger partial charge < -0.3 is 9.72 Å². The number of ether oxygens (including phenoxy) is 1. The van der Waals surface area contributed by atoms with Crippen LogP contribution in [0.2, 0.25) is 0 Å². The Balaban J connectivity index is 2.03. The minimum absolute atomic E-state index is 0.0211. The van der Waals surface area contributed by atoms with Gasteiger partial charge in [-0.15, -0.1) is 0 Å². The van der Waals surface area contributed by atoms with E-state index in [9.17, 15) is 14.0 Å².